The summed E-state index contributed by atoms with van der Waals surface area (Å²) in [5, 5.41) is 20.2. The summed E-state index contributed by atoms with van der Waals surface area (Å²) < 4.78 is 19.9. The fraction of sp³-hybridized carbons (Fsp3) is 0.467. The van der Waals surface area contributed by atoms with Gasteiger partial charge in [-0.1, -0.05) is 18.2 Å². The summed E-state index contributed by atoms with van der Waals surface area (Å²) in [4.78, 5) is 45.5. The lowest BCUT2D eigenvalue weighted by Gasteiger charge is -2.29. The number of nitrogens with zero attached hydrogens (tertiary/aromatic N) is 3. The van der Waals surface area contributed by atoms with Crippen molar-refractivity contribution >= 4 is 27.5 Å². The van der Waals surface area contributed by atoms with E-state index in [1.54, 1.807) is 14.0 Å². The van der Waals surface area contributed by atoms with Crippen molar-refractivity contribution in [3.63, 3.8) is 0 Å². The van der Waals surface area contributed by atoms with Gasteiger partial charge in [0.1, 0.15) is 28.5 Å². The molecule has 1 fully saturated rings. The van der Waals surface area contributed by atoms with Gasteiger partial charge in [-0.05, 0) is 64.0 Å². The molecule has 1 unspecified atom stereocenters. The monoisotopic (exact) mass is 597 g/mol. The van der Waals surface area contributed by atoms with Crippen LogP contribution < -0.4 is 16.0 Å². The van der Waals surface area contributed by atoms with Crippen LogP contribution in [0.5, 0.6) is 5.75 Å². The fourth-order valence-electron chi connectivity index (χ4n) is 5.54. The second-order valence-corrected chi connectivity index (χ2v) is 12.2. The van der Waals surface area contributed by atoms with E-state index in [1.165, 1.54) is 42.2 Å². The van der Waals surface area contributed by atoms with Crippen LogP contribution in [0.3, 0.4) is 0 Å². The fourth-order valence-corrected chi connectivity index (χ4v) is 6.78. The molecule has 5 rings (SSSR count). The molecule has 1 aliphatic carbocycles. The predicted octanol–water partition coefficient (Wildman–Crippen LogP) is 4.33. The van der Waals surface area contributed by atoms with E-state index < -0.39 is 28.9 Å². The van der Waals surface area contributed by atoms with Crippen molar-refractivity contribution in [2.75, 3.05) is 13.7 Å². The Balaban J connectivity index is 1.69. The molecular formula is C30H35N3O8S. The maximum atomic E-state index is 14.1. The zero-order valence-electron chi connectivity index (χ0n) is 24.0. The zero-order chi connectivity index (χ0) is 30.2. The van der Waals surface area contributed by atoms with Gasteiger partial charge in [-0.2, -0.15) is 0 Å². The van der Waals surface area contributed by atoms with Gasteiger partial charge in [0.15, 0.2) is 0 Å². The Kier molecular flexibility index (Phi) is 8.40. The molecule has 0 bridgehead atoms. The first-order valence-corrected chi connectivity index (χ1v) is 14.7. The van der Waals surface area contributed by atoms with Crippen LogP contribution >= 0.6 is 11.3 Å². The van der Waals surface area contributed by atoms with E-state index in [9.17, 15) is 24.6 Å². The first-order valence-electron chi connectivity index (χ1n) is 13.9. The number of methoxy groups -OCH3 is 1. The maximum Gasteiger partial charge on any atom is 0.333 e. The number of thiophene rings is 1. The number of aromatic nitrogens is 3. The topological polar surface area (TPSA) is 146 Å². The van der Waals surface area contributed by atoms with E-state index in [1.807, 2.05) is 24.3 Å². The Morgan fingerprint density at radius 1 is 1.21 bits per heavy atom. The number of rotatable bonds is 10. The number of ether oxygens (including phenoxy) is 2. The second-order valence-electron chi connectivity index (χ2n) is 11.2. The van der Waals surface area contributed by atoms with Gasteiger partial charge in [-0.25, -0.2) is 19.1 Å². The van der Waals surface area contributed by atoms with Gasteiger partial charge in [0, 0.05) is 5.56 Å². The molecule has 3 aromatic heterocycles. The number of benzene rings is 1. The van der Waals surface area contributed by atoms with E-state index in [4.69, 9.17) is 13.9 Å². The molecule has 224 valence electrons. The molecule has 0 amide bonds. The number of oxazole rings is 1. The summed E-state index contributed by atoms with van der Waals surface area (Å²) in [6.45, 7) is 4.79. The number of hydrogen-bond donors (Lipinski definition) is 2. The number of carboxylic acid groups (broad SMARTS) is 1. The SMILES string of the molecule is COc1ccccc1C(Cn1c(=O)n(C(C)(C)C(=O)O)c(=O)c2c(C)c(-c3ncco3)sc21)OCC1CCC(O)CC1. The zero-order valence-corrected chi connectivity index (χ0v) is 24.8. The summed E-state index contributed by atoms with van der Waals surface area (Å²) in [5.41, 5.74) is -2.02. The molecule has 42 heavy (non-hydrogen) atoms. The minimum absolute atomic E-state index is 0.00793. The molecule has 11 nitrogen and oxygen atoms in total. The van der Waals surface area contributed by atoms with Crippen molar-refractivity contribution in [2.24, 2.45) is 5.92 Å². The molecule has 0 radical (unpaired) electrons. The molecule has 0 spiro atoms. The number of fused-ring (bicyclic) bond motifs is 1. The Morgan fingerprint density at radius 3 is 2.57 bits per heavy atom. The summed E-state index contributed by atoms with van der Waals surface area (Å²) >= 11 is 1.19. The highest BCUT2D eigenvalue weighted by molar-refractivity contribution is 7.22. The van der Waals surface area contributed by atoms with Crippen molar-refractivity contribution in [3.05, 3.63) is 68.7 Å². The highest BCUT2D eigenvalue weighted by atomic mass is 32.1. The molecule has 1 aromatic carbocycles. The number of carbonyl (C=O) groups is 1. The standard InChI is InChI=1S/C30H35N3O8S/c1-17-23-26(35)33(30(2,3)28(36)37)29(38)32(27(23)42-24(17)25-31-13-14-40-25)15-22(20-7-5-6-8-21(20)39-4)41-16-18-9-11-19(34)12-10-18/h5-8,13-14,18-19,22,34H,9-12,15-16H2,1-4H3,(H,36,37). The second kappa shape index (κ2) is 11.9. The van der Waals surface area contributed by atoms with Crippen LogP contribution in [-0.2, 0) is 21.6 Å². The van der Waals surface area contributed by atoms with Crippen LogP contribution in [0.4, 0.5) is 0 Å². The number of carboxylic acids is 1. The molecule has 1 aliphatic rings. The van der Waals surface area contributed by atoms with E-state index >= 15 is 0 Å². The Morgan fingerprint density at radius 2 is 1.93 bits per heavy atom. The van der Waals surface area contributed by atoms with E-state index in [0.29, 0.717) is 51.9 Å². The molecule has 1 saturated carbocycles. The van der Waals surface area contributed by atoms with E-state index in [2.05, 4.69) is 4.98 Å². The van der Waals surface area contributed by atoms with Crippen LogP contribution in [0.15, 0.2) is 50.7 Å². The van der Waals surface area contributed by atoms with E-state index in [0.717, 1.165) is 17.4 Å². The van der Waals surface area contributed by atoms with Crippen molar-refractivity contribution in [1.82, 2.24) is 14.1 Å². The molecule has 2 N–H and O–H groups in total. The lowest BCUT2D eigenvalue weighted by molar-refractivity contribution is -0.146. The normalized spacial score (nSPS) is 18.3. The Hall–Kier alpha value is -3.74. The number of aryl methyl sites for hydroxylation is 1. The van der Waals surface area contributed by atoms with Crippen molar-refractivity contribution in [2.45, 2.75) is 70.7 Å². The predicted molar refractivity (Wildman–Crippen MR) is 157 cm³/mol. The van der Waals surface area contributed by atoms with Gasteiger partial charge in [0.05, 0.1) is 42.8 Å². The van der Waals surface area contributed by atoms with Gasteiger partial charge in [0.25, 0.3) is 5.56 Å². The Labute approximate surface area is 246 Å². The molecule has 3 heterocycles. The summed E-state index contributed by atoms with van der Waals surface area (Å²) in [6, 6.07) is 7.37. The van der Waals surface area contributed by atoms with Gasteiger partial charge in [0.2, 0.25) is 5.89 Å². The van der Waals surface area contributed by atoms with Gasteiger partial charge in [-0.15, -0.1) is 11.3 Å². The number of hydrogen-bond acceptors (Lipinski definition) is 9. The first-order chi connectivity index (χ1) is 20.0. The molecular weight excluding hydrogens is 562 g/mol. The van der Waals surface area contributed by atoms with E-state index in [-0.39, 0.29) is 24.0 Å². The lowest BCUT2D eigenvalue weighted by Crippen LogP contribution is -2.52. The minimum Gasteiger partial charge on any atom is -0.496 e. The lowest BCUT2D eigenvalue weighted by atomic mass is 9.88. The van der Waals surface area contributed by atoms with Gasteiger partial charge >= 0.3 is 11.7 Å². The highest BCUT2D eigenvalue weighted by Crippen LogP contribution is 2.37. The largest absolute Gasteiger partial charge is 0.496 e. The summed E-state index contributed by atoms with van der Waals surface area (Å²) in [6.07, 6.45) is 5.02. The third kappa shape index (κ3) is 5.41. The van der Waals surface area contributed by atoms with Crippen LogP contribution in [0.25, 0.3) is 21.0 Å². The first kappa shape index (κ1) is 29.7. The van der Waals surface area contributed by atoms with Crippen LogP contribution in [0.2, 0.25) is 0 Å². The van der Waals surface area contributed by atoms with Gasteiger partial charge in [-0.3, -0.25) is 9.36 Å². The van der Waals surface area contributed by atoms with Crippen molar-refractivity contribution in [3.8, 4) is 16.5 Å². The van der Waals surface area contributed by atoms with Gasteiger partial charge < -0.3 is 24.1 Å². The molecule has 4 aromatic rings. The molecule has 0 saturated heterocycles. The average molecular weight is 598 g/mol. The minimum atomic E-state index is -1.83. The molecule has 0 aliphatic heterocycles. The van der Waals surface area contributed by atoms with Crippen molar-refractivity contribution in [1.29, 1.82) is 0 Å². The number of aliphatic carboxylic acids is 1. The third-order valence-electron chi connectivity index (χ3n) is 8.11. The maximum absolute atomic E-state index is 14.1. The number of para-hydroxylation sites is 1. The smallest absolute Gasteiger partial charge is 0.333 e. The Bertz CT molecular complexity index is 1690. The number of aliphatic hydroxyl groups excluding tert-OH is 1. The number of aliphatic hydroxyl groups is 1. The summed E-state index contributed by atoms with van der Waals surface area (Å²) in [7, 11) is 1.56. The molecule has 12 heteroatoms. The van der Waals surface area contributed by atoms with Crippen LogP contribution in [-0.4, -0.2) is 50.1 Å². The highest BCUT2D eigenvalue weighted by Gasteiger charge is 2.36. The average Bonchev–Trinajstić information content (AvgIpc) is 3.61. The summed E-state index contributed by atoms with van der Waals surface area (Å²) in [5.74, 6) is -0.200. The third-order valence-corrected chi connectivity index (χ3v) is 9.41. The van der Waals surface area contributed by atoms with Crippen LogP contribution in [0.1, 0.15) is 56.8 Å². The van der Waals surface area contributed by atoms with Crippen molar-refractivity contribution < 1.29 is 28.9 Å². The quantitative estimate of drug-likeness (QED) is 0.273. The van der Waals surface area contributed by atoms with Crippen LogP contribution in [0, 0.1) is 12.8 Å². The molecule has 1 atom stereocenters.